The molecule has 25 heavy (non-hydrogen) atoms. The third kappa shape index (κ3) is 3.50. The lowest BCUT2D eigenvalue weighted by Crippen LogP contribution is -2.40. The molecule has 2 aliphatic rings. The number of hydrogen-bond donors (Lipinski definition) is 1. The Morgan fingerprint density at radius 1 is 1.24 bits per heavy atom. The first-order valence-electron chi connectivity index (χ1n) is 8.57. The molecule has 7 heteroatoms. The molecule has 2 saturated carbocycles. The van der Waals surface area contributed by atoms with Crippen molar-refractivity contribution in [2.45, 2.75) is 38.6 Å². The van der Waals surface area contributed by atoms with E-state index in [1.165, 1.54) is 38.5 Å². The molecule has 2 bridgehead atoms. The Morgan fingerprint density at radius 2 is 1.96 bits per heavy atom. The number of methoxy groups -OCH3 is 1. The first-order chi connectivity index (χ1) is 11.9. The fraction of sp³-hybridized carbons (Fsp3) is 0.556. The number of ether oxygens (including phenoxy) is 1. The van der Waals surface area contributed by atoms with Gasteiger partial charge in [-0.2, -0.15) is 0 Å². The topological polar surface area (TPSA) is 98.5 Å². The van der Waals surface area contributed by atoms with Crippen molar-refractivity contribution >= 4 is 17.6 Å². The van der Waals surface area contributed by atoms with Gasteiger partial charge in [-0.15, -0.1) is 0 Å². The van der Waals surface area contributed by atoms with Gasteiger partial charge in [-0.05, 0) is 50.0 Å². The van der Waals surface area contributed by atoms with Crippen LogP contribution < -0.4 is 5.32 Å². The van der Waals surface area contributed by atoms with E-state index in [2.05, 4.69) is 10.1 Å². The number of nitrogens with one attached hydrogen (secondary N) is 1. The summed E-state index contributed by atoms with van der Waals surface area (Å²) in [5.74, 6) is 0.790. The van der Waals surface area contributed by atoms with Crippen LogP contribution in [0.2, 0.25) is 0 Å². The zero-order valence-electron chi connectivity index (χ0n) is 14.4. The van der Waals surface area contributed by atoms with Crippen LogP contribution in [-0.2, 0) is 4.74 Å². The number of amides is 1. The monoisotopic (exact) mass is 346 g/mol. The molecule has 0 radical (unpaired) electrons. The van der Waals surface area contributed by atoms with Gasteiger partial charge in [0.05, 0.1) is 17.6 Å². The van der Waals surface area contributed by atoms with Gasteiger partial charge in [-0.25, -0.2) is 4.79 Å². The van der Waals surface area contributed by atoms with E-state index in [1.54, 1.807) is 0 Å². The van der Waals surface area contributed by atoms with Gasteiger partial charge < -0.3 is 10.1 Å². The van der Waals surface area contributed by atoms with Crippen LogP contribution in [-0.4, -0.2) is 30.0 Å². The van der Waals surface area contributed by atoms with Crippen molar-refractivity contribution in [1.82, 2.24) is 5.32 Å². The molecule has 0 spiro atoms. The van der Waals surface area contributed by atoms with Crippen molar-refractivity contribution in [3.63, 3.8) is 0 Å². The van der Waals surface area contributed by atoms with E-state index in [0.717, 1.165) is 18.4 Å². The molecule has 1 aromatic rings. The Morgan fingerprint density at radius 3 is 2.52 bits per heavy atom. The summed E-state index contributed by atoms with van der Waals surface area (Å²) in [5.41, 5.74) is -0.209. The van der Waals surface area contributed by atoms with E-state index in [1.807, 2.05) is 6.92 Å². The number of hydrogen-bond acceptors (Lipinski definition) is 5. The van der Waals surface area contributed by atoms with E-state index in [0.29, 0.717) is 11.8 Å². The minimum Gasteiger partial charge on any atom is -0.465 e. The Hall–Kier alpha value is -2.44. The summed E-state index contributed by atoms with van der Waals surface area (Å²) in [6.45, 7) is 1.99. The number of nitro groups is 1. The van der Waals surface area contributed by atoms with Crippen molar-refractivity contribution in [3.8, 4) is 0 Å². The van der Waals surface area contributed by atoms with Gasteiger partial charge in [-0.1, -0.05) is 6.42 Å². The Kier molecular flexibility index (Phi) is 4.74. The first kappa shape index (κ1) is 17.4. The van der Waals surface area contributed by atoms with E-state index < -0.39 is 16.8 Å². The van der Waals surface area contributed by atoms with Crippen LogP contribution in [0.15, 0.2) is 18.2 Å². The molecule has 7 nitrogen and oxygen atoms in total. The molecular weight excluding hydrogens is 324 g/mol. The van der Waals surface area contributed by atoms with Crippen molar-refractivity contribution in [2.75, 3.05) is 7.11 Å². The second-order valence-electron chi connectivity index (χ2n) is 7.12. The fourth-order valence-corrected chi connectivity index (χ4v) is 4.39. The maximum Gasteiger partial charge on any atom is 0.338 e. The van der Waals surface area contributed by atoms with Crippen molar-refractivity contribution < 1.29 is 19.2 Å². The van der Waals surface area contributed by atoms with Gasteiger partial charge in [0.2, 0.25) is 0 Å². The molecular formula is C18H22N2O5. The number of esters is 1. The van der Waals surface area contributed by atoms with Gasteiger partial charge in [0, 0.05) is 23.7 Å². The lowest BCUT2D eigenvalue weighted by atomic mass is 9.84. The zero-order chi connectivity index (χ0) is 18.1. The number of fused-ring (bicyclic) bond motifs is 2. The highest BCUT2D eigenvalue weighted by Gasteiger charge is 2.42. The van der Waals surface area contributed by atoms with E-state index in [-0.39, 0.29) is 22.9 Å². The third-order valence-electron chi connectivity index (χ3n) is 5.61. The molecule has 0 aliphatic heterocycles. The number of carbonyl (C=O) groups is 2. The molecule has 4 atom stereocenters. The maximum atomic E-state index is 12.6. The number of carbonyl (C=O) groups excluding carboxylic acids is 2. The van der Waals surface area contributed by atoms with E-state index >= 15 is 0 Å². The van der Waals surface area contributed by atoms with Crippen molar-refractivity contribution in [1.29, 1.82) is 0 Å². The third-order valence-corrected chi connectivity index (χ3v) is 5.61. The molecule has 2 fully saturated rings. The van der Waals surface area contributed by atoms with Gasteiger partial charge in [0.1, 0.15) is 0 Å². The molecule has 1 aromatic carbocycles. The predicted molar refractivity (Wildman–Crippen MR) is 90.3 cm³/mol. The molecule has 0 unspecified atom stereocenters. The van der Waals surface area contributed by atoms with Gasteiger partial charge in [0.25, 0.3) is 11.6 Å². The average molecular weight is 346 g/mol. The summed E-state index contributed by atoms with van der Waals surface area (Å²) < 4.78 is 4.61. The summed E-state index contributed by atoms with van der Waals surface area (Å²) in [5, 5.41) is 14.0. The van der Waals surface area contributed by atoms with Crippen LogP contribution in [0.5, 0.6) is 0 Å². The number of non-ortho nitro benzene ring substituents is 1. The highest BCUT2D eigenvalue weighted by molar-refractivity contribution is 5.99. The van der Waals surface area contributed by atoms with E-state index in [9.17, 15) is 19.7 Å². The molecule has 0 aromatic heterocycles. The minimum atomic E-state index is -0.709. The highest BCUT2D eigenvalue weighted by Crippen LogP contribution is 2.49. The van der Waals surface area contributed by atoms with Crippen molar-refractivity contribution in [3.05, 3.63) is 39.4 Å². The Balaban J connectivity index is 1.77. The molecule has 2 aliphatic carbocycles. The standard InChI is InChI=1S/C18H22N2O5/c1-10(16-6-11-3-4-12(16)5-11)19-17(21)13-7-14(18(22)25-2)9-15(8-13)20(23)24/h7-12,16H,3-6H2,1-2H3,(H,19,21)/t10-,11+,12+,16+/m1/s1. The minimum absolute atomic E-state index is 0.00337. The normalized spacial score (nSPS) is 25.4. The summed E-state index contributed by atoms with van der Waals surface area (Å²) >= 11 is 0. The predicted octanol–water partition coefficient (Wildman–Crippen LogP) is 2.94. The largest absolute Gasteiger partial charge is 0.465 e. The smallest absolute Gasteiger partial charge is 0.338 e. The number of rotatable bonds is 5. The number of nitro benzene ring substituents is 1. The lowest BCUT2D eigenvalue weighted by molar-refractivity contribution is -0.384. The second kappa shape index (κ2) is 6.82. The molecule has 1 amide bonds. The summed E-state index contributed by atoms with van der Waals surface area (Å²) in [6, 6.07) is 3.64. The fourth-order valence-electron chi connectivity index (χ4n) is 4.39. The number of nitrogens with zero attached hydrogens (tertiary/aromatic N) is 1. The molecule has 0 heterocycles. The van der Waals surface area contributed by atoms with Crippen molar-refractivity contribution in [2.24, 2.45) is 17.8 Å². The molecule has 0 saturated heterocycles. The lowest BCUT2D eigenvalue weighted by Gasteiger charge is -2.28. The number of benzene rings is 1. The summed E-state index contributed by atoms with van der Waals surface area (Å²) in [6.07, 6.45) is 4.89. The van der Waals surface area contributed by atoms with Gasteiger partial charge in [-0.3, -0.25) is 14.9 Å². The van der Waals surface area contributed by atoms with Crippen LogP contribution >= 0.6 is 0 Å². The van der Waals surface area contributed by atoms with E-state index in [4.69, 9.17) is 0 Å². The SMILES string of the molecule is COC(=O)c1cc(C(=O)N[C@H](C)[C@@H]2C[C@H]3CC[C@H]2C3)cc([N+](=O)[O-])c1. The quantitative estimate of drug-likeness (QED) is 0.502. The molecule has 1 N–H and O–H groups in total. The summed E-state index contributed by atoms with van der Waals surface area (Å²) in [4.78, 5) is 34.7. The highest BCUT2D eigenvalue weighted by atomic mass is 16.6. The van der Waals surface area contributed by atoms with Gasteiger partial charge >= 0.3 is 5.97 Å². The average Bonchev–Trinajstić information content (AvgIpc) is 3.23. The Bertz CT molecular complexity index is 717. The van der Waals surface area contributed by atoms with Crippen LogP contribution in [0.3, 0.4) is 0 Å². The zero-order valence-corrected chi connectivity index (χ0v) is 14.4. The van der Waals surface area contributed by atoms with Crippen LogP contribution in [0.25, 0.3) is 0 Å². The van der Waals surface area contributed by atoms with Crippen LogP contribution in [0.4, 0.5) is 5.69 Å². The van der Waals surface area contributed by atoms with Crippen LogP contribution in [0.1, 0.15) is 53.3 Å². The second-order valence-corrected chi connectivity index (χ2v) is 7.12. The molecule has 3 rings (SSSR count). The summed E-state index contributed by atoms with van der Waals surface area (Å²) in [7, 11) is 1.19. The Labute approximate surface area is 145 Å². The molecule has 134 valence electrons. The maximum absolute atomic E-state index is 12.6. The first-order valence-corrected chi connectivity index (χ1v) is 8.57. The van der Waals surface area contributed by atoms with Crippen LogP contribution in [0, 0.1) is 27.9 Å². The van der Waals surface area contributed by atoms with Gasteiger partial charge in [0.15, 0.2) is 0 Å².